The molecule has 0 spiro atoms. The Balaban J connectivity index is 1.77. The van der Waals surface area contributed by atoms with Gasteiger partial charge < -0.3 is 19.1 Å². The lowest BCUT2D eigenvalue weighted by Crippen LogP contribution is -2.37. The Hall–Kier alpha value is -2.56. The number of nitrogens with one attached hydrogen (secondary N) is 1. The van der Waals surface area contributed by atoms with Crippen molar-refractivity contribution < 1.29 is 33.0 Å². The van der Waals surface area contributed by atoms with Crippen LogP contribution < -0.4 is 15.3 Å². The lowest BCUT2D eigenvalue weighted by molar-refractivity contribution is -0.142. The van der Waals surface area contributed by atoms with Crippen molar-refractivity contribution in [2.24, 2.45) is 0 Å². The molecule has 1 aliphatic rings. The lowest BCUT2D eigenvalue weighted by atomic mass is 10.1. The predicted octanol–water partition coefficient (Wildman–Crippen LogP) is 1.94. The van der Waals surface area contributed by atoms with E-state index >= 15 is 0 Å². The van der Waals surface area contributed by atoms with Gasteiger partial charge in [-0.2, -0.15) is 10.1 Å². The highest BCUT2D eigenvalue weighted by Gasteiger charge is 2.42. The number of hydrogen-bond acceptors (Lipinski definition) is 9. The third-order valence-electron chi connectivity index (χ3n) is 5.06. The predicted molar refractivity (Wildman–Crippen MR) is 118 cm³/mol. The first-order chi connectivity index (χ1) is 15.6. The van der Waals surface area contributed by atoms with E-state index in [2.05, 4.69) is 14.8 Å². The quantitative estimate of drug-likeness (QED) is 0.404. The summed E-state index contributed by atoms with van der Waals surface area (Å²) >= 11 is 0. The highest BCUT2D eigenvalue weighted by Crippen LogP contribution is 2.47. The number of benzene rings is 1. The van der Waals surface area contributed by atoms with Gasteiger partial charge in [0.2, 0.25) is 0 Å². The Morgan fingerprint density at radius 1 is 1.30 bits per heavy atom. The van der Waals surface area contributed by atoms with Crippen molar-refractivity contribution >= 4 is 13.7 Å². The molecule has 2 heterocycles. The molecule has 33 heavy (non-hydrogen) atoms. The molecule has 2 N–H and O–H groups in total. The van der Waals surface area contributed by atoms with Crippen molar-refractivity contribution in [2.75, 3.05) is 7.11 Å². The summed E-state index contributed by atoms with van der Waals surface area (Å²) in [7, 11) is -2.88. The topological polar surface area (TPSA) is 138 Å². The molecular weight excluding hydrogens is 453 g/mol. The SMILES string of the molecule is COC(=O)C(C)NP(=O)(Oc1ccccc1)OC(C)C1C[C@@H](O)C(n2ccc(C)nc2=O)O1. The Morgan fingerprint density at radius 3 is 2.64 bits per heavy atom. The summed E-state index contributed by atoms with van der Waals surface area (Å²) in [6.07, 6.45) is -1.94. The fourth-order valence-corrected chi connectivity index (χ4v) is 5.09. The lowest BCUT2D eigenvalue weighted by Gasteiger charge is -2.27. The molecule has 5 unspecified atom stereocenters. The van der Waals surface area contributed by atoms with E-state index in [0.717, 1.165) is 0 Å². The second-order valence-corrected chi connectivity index (χ2v) is 9.36. The average molecular weight is 481 g/mol. The molecule has 1 saturated heterocycles. The molecule has 1 aromatic carbocycles. The molecule has 0 amide bonds. The van der Waals surface area contributed by atoms with Crippen LogP contribution in [-0.2, 0) is 23.4 Å². The molecule has 1 fully saturated rings. The van der Waals surface area contributed by atoms with E-state index in [9.17, 15) is 19.3 Å². The number of esters is 1. The average Bonchev–Trinajstić information content (AvgIpc) is 3.15. The van der Waals surface area contributed by atoms with Crippen molar-refractivity contribution in [2.45, 2.75) is 57.8 Å². The van der Waals surface area contributed by atoms with Crippen LogP contribution in [-0.4, -0.2) is 52.1 Å². The van der Waals surface area contributed by atoms with Crippen molar-refractivity contribution in [1.29, 1.82) is 0 Å². The van der Waals surface area contributed by atoms with Gasteiger partial charge in [-0.15, -0.1) is 0 Å². The molecule has 0 radical (unpaired) electrons. The van der Waals surface area contributed by atoms with Gasteiger partial charge in [-0.25, -0.2) is 9.36 Å². The number of aromatic nitrogens is 2. The Kier molecular flexibility index (Phi) is 8.04. The first-order valence-corrected chi connectivity index (χ1v) is 11.9. The normalized spacial score (nSPS) is 24.0. The van der Waals surface area contributed by atoms with Crippen molar-refractivity contribution in [3.05, 3.63) is 58.8 Å². The second kappa shape index (κ2) is 10.6. The molecule has 0 bridgehead atoms. The second-order valence-electron chi connectivity index (χ2n) is 7.71. The number of nitrogens with zero attached hydrogens (tertiary/aromatic N) is 2. The van der Waals surface area contributed by atoms with Crippen LogP contribution in [0.2, 0.25) is 0 Å². The molecule has 12 heteroatoms. The minimum atomic E-state index is -4.09. The smallest absolute Gasteiger partial charge is 0.459 e. The fourth-order valence-electron chi connectivity index (χ4n) is 3.38. The van der Waals surface area contributed by atoms with Crippen LogP contribution in [0.5, 0.6) is 5.75 Å². The Morgan fingerprint density at radius 2 is 2.00 bits per heavy atom. The summed E-state index contributed by atoms with van der Waals surface area (Å²) in [6, 6.07) is 8.98. The third kappa shape index (κ3) is 6.27. The van der Waals surface area contributed by atoms with E-state index in [1.807, 2.05) is 0 Å². The summed E-state index contributed by atoms with van der Waals surface area (Å²) in [6.45, 7) is 4.74. The van der Waals surface area contributed by atoms with Crippen molar-refractivity contribution in [3.63, 3.8) is 0 Å². The summed E-state index contributed by atoms with van der Waals surface area (Å²) in [5.74, 6) is -0.387. The van der Waals surface area contributed by atoms with Gasteiger partial charge in [-0.3, -0.25) is 13.9 Å². The molecule has 180 valence electrons. The number of carbonyl (C=O) groups is 1. The number of hydrogen-bond donors (Lipinski definition) is 2. The highest BCUT2D eigenvalue weighted by atomic mass is 31.2. The molecular formula is C21H28N3O8P. The maximum absolute atomic E-state index is 13.6. The molecule has 11 nitrogen and oxygen atoms in total. The highest BCUT2D eigenvalue weighted by molar-refractivity contribution is 7.52. The van der Waals surface area contributed by atoms with E-state index in [-0.39, 0.29) is 12.2 Å². The van der Waals surface area contributed by atoms with E-state index in [4.69, 9.17) is 13.8 Å². The largest absolute Gasteiger partial charge is 0.468 e. The van der Waals surface area contributed by atoms with Crippen LogP contribution in [0, 0.1) is 6.92 Å². The van der Waals surface area contributed by atoms with Crippen LogP contribution in [0.25, 0.3) is 0 Å². The summed E-state index contributed by atoms with van der Waals surface area (Å²) in [5.41, 5.74) is -0.0123. The molecule has 2 aromatic rings. The zero-order valence-electron chi connectivity index (χ0n) is 18.8. The van der Waals surface area contributed by atoms with E-state index in [1.165, 1.54) is 24.8 Å². The fraction of sp³-hybridized carbons (Fsp3) is 0.476. The monoisotopic (exact) mass is 481 g/mol. The number of methoxy groups -OCH3 is 1. The molecule has 0 aliphatic carbocycles. The maximum Gasteiger partial charge on any atom is 0.459 e. The number of aryl methyl sites for hydroxylation is 1. The van der Waals surface area contributed by atoms with Gasteiger partial charge >= 0.3 is 19.4 Å². The number of ether oxygens (including phenoxy) is 2. The molecule has 1 aromatic heterocycles. The first kappa shape index (κ1) is 25.1. The number of aliphatic hydroxyl groups is 1. The zero-order valence-corrected chi connectivity index (χ0v) is 19.7. The first-order valence-electron chi connectivity index (χ1n) is 10.4. The van der Waals surface area contributed by atoms with Gasteiger partial charge in [0.15, 0.2) is 6.23 Å². The van der Waals surface area contributed by atoms with E-state index in [0.29, 0.717) is 5.69 Å². The number of para-hydroxylation sites is 1. The van der Waals surface area contributed by atoms with Crippen LogP contribution in [0.15, 0.2) is 47.4 Å². The van der Waals surface area contributed by atoms with Gasteiger partial charge in [0, 0.05) is 18.3 Å². The zero-order chi connectivity index (χ0) is 24.2. The summed E-state index contributed by atoms with van der Waals surface area (Å²) in [4.78, 5) is 27.9. The Bertz CT molecular complexity index is 1060. The van der Waals surface area contributed by atoms with Gasteiger partial charge in [-0.1, -0.05) is 18.2 Å². The summed E-state index contributed by atoms with van der Waals surface area (Å²) in [5, 5.41) is 13.1. The van der Waals surface area contributed by atoms with Crippen molar-refractivity contribution in [3.8, 4) is 5.75 Å². The molecule has 0 saturated carbocycles. The van der Waals surface area contributed by atoms with Crippen LogP contribution in [0.1, 0.15) is 32.2 Å². The molecule has 6 atom stereocenters. The van der Waals surface area contributed by atoms with Crippen LogP contribution >= 0.6 is 7.75 Å². The van der Waals surface area contributed by atoms with Gasteiger partial charge in [-0.05, 0) is 39.0 Å². The number of aliphatic hydroxyl groups excluding tert-OH is 1. The van der Waals surface area contributed by atoms with Crippen molar-refractivity contribution in [1.82, 2.24) is 14.6 Å². The Labute approximate surface area is 191 Å². The van der Waals surface area contributed by atoms with Crippen LogP contribution in [0.4, 0.5) is 0 Å². The molecule has 1 aliphatic heterocycles. The standard InChI is InChI=1S/C21H28N3O8P/c1-13-10-11-24(21(27)22-13)19-17(25)12-18(30-19)15(3)31-33(28,23-14(2)20(26)29-4)32-16-8-6-5-7-9-16/h5-11,14-15,17-19,25H,12H2,1-4H3,(H,23,28)/t14?,15?,17-,18?,19?,33?/m1/s1. The molecule has 3 rings (SSSR count). The minimum absolute atomic E-state index is 0.115. The minimum Gasteiger partial charge on any atom is -0.468 e. The van der Waals surface area contributed by atoms with E-state index in [1.54, 1.807) is 50.2 Å². The van der Waals surface area contributed by atoms with Gasteiger partial charge in [0.25, 0.3) is 0 Å². The summed E-state index contributed by atoms with van der Waals surface area (Å²) < 4.78 is 36.6. The van der Waals surface area contributed by atoms with Gasteiger partial charge in [0.1, 0.15) is 17.9 Å². The number of carbonyl (C=O) groups excluding carboxylic acids is 1. The third-order valence-corrected chi connectivity index (χ3v) is 6.83. The van der Waals surface area contributed by atoms with Gasteiger partial charge in [0.05, 0.1) is 19.3 Å². The van der Waals surface area contributed by atoms with E-state index < -0.39 is 50.0 Å². The van der Waals surface area contributed by atoms with Crippen LogP contribution in [0.3, 0.4) is 0 Å². The number of rotatable bonds is 9. The maximum atomic E-state index is 13.6.